The van der Waals surface area contributed by atoms with Crippen LogP contribution in [0.5, 0.6) is 5.75 Å². The zero-order valence-corrected chi connectivity index (χ0v) is 20.2. The van der Waals surface area contributed by atoms with Crippen LogP contribution in [0.15, 0.2) is 78.4 Å². The molecule has 186 valence electrons. The summed E-state index contributed by atoms with van der Waals surface area (Å²) in [5, 5.41) is 11.2. The summed E-state index contributed by atoms with van der Waals surface area (Å²) in [6, 6.07) is 19.5. The van der Waals surface area contributed by atoms with Gasteiger partial charge in [0, 0.05) is 19.2 Å². The molecule has 3 aromatic carbocycles. The number of methoxy groups -OCH3 is 1. The molecule has 0 bridgehead atoms. The van der Waals surface area contributed by atoms with Crippen LogP contribution in [0.2, 0.25) is 0 Å². The van der Waals surface area contributed by atoms with Crippen molar-refractivity contribution >= 4 is 17.4 Å². The number of aryl methyl sites for hydroxylation is 1. The fraction of sp³-hybridized carbons (Fsp3) is 0.241. The second-order valence-electron chi connectivity index (χ2n) is 8.52. The first kappa shape index (κ1) is 25.1. The number of amides is 1. The summed E-state index contributed by atoms with van der Waals surface area (Å²) in [6.07, 6.45) is 0.840. The maximum absolute atomic E-state index is 13.2. The number of aliphatic hydroxyl groups excluding tert-OH is 1. The molecule has 0 spiro atoms. The minimum atomic E-state index is -0.805. The number of ether oxygens (including phenoxy) is 2. The van der Waals surface area contributed by atoms with E-state index >= 15 is 0 Å². The van der Waals surface area contributed by atoms with Gasteiger partial charge in [0.1, 0.15) is 23.9 Å². The molecule has 1 unspecified atom stereocenters. The molecular formula is C29H28FNO5. The number of halogens is 1. The van der Waals surface area contributed by atoms with Crippen LogP contribution >= 0.6 is 0 Å². The molecule has 1 saturated heterocycles. The number of ketones is 1. The number of nitrogens with zero attached hydrogens (tertiary/aromatic N) is 1. The number of likely N-dealkylation sites (tertiary alicyclic amines) is 1. The lowest BCUT2D eigenvalue weighted by molar-refractivity contribution is -0.140. The van der Waals surface area contributed by atoms with Gasteiger partial charge in [-0.3, -0.25) is 9.59 Å². The molecule has 0 radical (unpaired) electrons. The second-order valence-corrected chi connectivity index (χ2v) is 8.52. The van der Waals surface area contributed by atoms with E-state index in [1.54, 1.807) is 48.5 Å². The van der Waals surface area contributed by atoms with Gasteiger partial charge in [0.05, 0.1) is 18.2 Å². The molecular weight excluding hydrogens is 461 g/mol. The van der Waals surface area contributed by atoms with E-state index in [0.29, 0.717) is 16.9 Å². The van der Waals surface area contributed by atoms with Gasteiger partial charge in [0.2, 0.25) is 0 Å². The summed E-state index contributed by atoms with van der Waals surface area (Å²) in [7, 11) is 1.52. The van der Waals surface area contributed by atoms with E-state index in [1.807, 2.05) is 19.1 Å². The van der Waals surface area contributed by atoms with Crippen LogP contribution in [-0.4, -0.2) is 42.0 Å². The predicted octanol–water partition coefficient (Wildman–Crippen LogP) is 5.04. The number of rotatable bonds is 9. The first-order chi connectivity index (χ1) is 17.4. The molecule has 0 saturated carbocycles. The van der Waals surface area contributed by atoms with Crippen molar-refractivity contribution in [3.05, 3.63) is 106 Å². The SMILES string of the molecule is CCc1ccc(/C(O)=C2/C(=O)C(=O)N(CCOC)C2c2cccc(OCc3ccc(F)cc3)c2)cc1. The van der Waals surface area contributed by atoms with Gasteiger partial charge in [-0.2, -0.15) is 0 Å². The summed E-state index contributed by atoms with van der Waals surface area (Å²) < 4.78 is 24.2. The maximum Gasteiger partial charge on any atom is 0.295 e. The monoisotopic (exact) mass is 489 g/mol. The largest absolute Gasteiger partial charge is 0.507 e. The molecule has 36 heavy (non-hydrogen) atoms. The molecule has 1 N–H and O–H groups in total. The normalized spacial score (nSPS) is 17.0. The second kappa shape index (κ2) is 11.2. The average molecular weight is 490 g/mol. The van der Waals surface area contributed by atoms with Gasteiger partial charge in [0.15, 0.2) is 0 Å². The summed E-state index contributed by atoms with van der Waals surface area (Å²) in [6.45, 7) is 2.66. The van der Waals surface area contributed by atoms with Gasteiger partial charge in [-0.15, -0.1) is 0 Å². The Kier molecular flexibility index (Phi) is 7.80. The molecule has 0 aliphatic carbocycles. The van der Waals surface area contributed by atoms with Crippen molar-refractivity contribution < 1.29 is 28.6 Å². The highest BCUT2D eigenvalue weighted by molar-refractivity contribution is 6.46. The van der Waals surface area contributed by atoms with Crippen LogP contribution in [-0.2, 0) is 27.4 Å². The Morgan fingerprint density at radius 2 is 1.69 bits per heavy atom. The Morgan fingerprint density at radius 1 is 1.00 bits per heavy atom. The quantitative estimate of drug-likeness (QED) is 0.259. The molecule has 6 nitrogen and oxygen atoms in total. The fourth-order valence-corrected chi connectivity index (χ4v) is 4.22. The molecule has 1 heterocycles. The van der Waals surface area contributed by atoms with Crippen molar-refractivity contribution in [3.63, 3.8) is 0 Å². The Hall–Kier alpha value is -3.97. The number of Topliss-reactive ketones (excluding diaryl/α,β-unsaturated/α-hetero) is 1. The van der Waals surface area contributed by atoms with Gasteiger partial charge in [-0.05, 0) is 47.4 Å². The summed E-state index contributed by atoms with van der Waals surface area (Å²) in [5.74, 6) is -1.47. The Bertz CT molecular complexity index is 1270. The van der Waals surface area contributed by atoms with Crippen molar-refractivity contribution in [2.75, 3.05) is 20.3 Å². The highest BCUT2D eigenvalue weighted by Crippen LogP contribution is 2.40. The lowest BCUT2D eigenvalue weighted by atomic mass is 9.94. The van der Waals surface area contributed by atoms with Crippen molar-refractivity contribution in [2.45, 2.75) is 26.0 Å². The van der Waals surface area contributed by atoms with Crippen molar-refractivity contribution in [2.24, 2.45) is 0 Å². The number of carbonyl (C=O) groups excluding carboxylic acids is 2. The molecule has 1 amide bonds. The molecule has 1 aliphatic heterocycles. The first-order valence-corrected chi connectivity index (χ1v) is 11.8. The van der Waals surface area contributed by atoms with Crippen molar-refractivity contribution in [1.82, 2.24) is 4.90 Å². The average Bonchev–Trinajstić information content (AvgIpc) is 3.16. The zero-order valence-electron chi connectivity index (χ0n) is 20.2. The lowest BCUT2D eigenvalue weighted by Crippen LogP contribution is -2.32. The zero-order chi connectivity index (χ0) is 25.7. The number of hydrogen-bond donors (Lipinski definition) is 1. The van der Waals surface area contributed by atoms with E-state index in [1.165, 1.54) is 24.1 Å². The maximum atomic E-state index is 13.2. The Morgan fingerprint density at radius 3 is 2.36 bits per heavy atom. The van der Waals surface area contributed by atoms with Crippen molar-refractivity contribution in [1.29, 1.82) is 0 Å². The molecule has 0 aromatic heterocycles. The number of aliphatic hydroxyl groups is 1. The lowest BCUT2D eigenvalue weighted by Gasteiger charge is -2.25. The number of carbonyl (C=O) groups is 2. The minimum Gasteiger partial charge on any atom is -0.507 e. The highest BCUT2D eigenvalue weighted by Gasteiger charge is 2.46. The van der Waals surface area contributed by atoms with E-state index in [9.17, 15) is 19.1 Å². The Labute approximate surface area is 209 Å². The molecule has 1 aliphatic rings. The van der Waals surface area contributed by atoms with E-state index in [-0.39, 0.29) is 36.9 Å². The van der Waals surface area contributed by atoms with E-state index < -0.39 is 17.7 Å². The molecule has 1 fully saturated rings. The third kappa shape index (κ3) is 5.31. The molecule has 4 rings (SSSR count). The highest BCUT2D eigenvalue weighted by atomic mass is 19.1. The van der Waals surface area contributed by atoms with Gasteiger partial charge in [-0.25, -0.2) is 4.39 Å². The number of hydrogen-bond acceptors (Lipinski definition) is 5. The van der Waals surface area contributed by atoms with E-state index in [4.69, 9.17) is 9.47 Å². The van der Waals surface area contributed by atoms with Gasteiger partial charge >= 0.3 is 0 Å². The van der Waals surface area contributed by atoms with Crippen LogP contribution in [0.3, 0.4) is 0 Å². The Balaban J connectivity index is 1.71. The summed E-state index contributed by atoms with van der Waals surface area (Å²) in [5.41, 5.74) is 2.99. The van der Waals surface area contributed by atoms with Gasteiger partial charge in [0.25, 0.3) is 11.7 Å². The van der Waals surface area contributed by atoms with E-state index in [2.05, 4.69) is 0 Å². The predicted molar refractivity (Wildman–Crippen MR) is 134 cm³/mol. The van der Waals surface area contributed by atoms with Gasteiger partial charge < -0.3 is 19.5 Å². The minimum absolute atomic E-state index is 0.0241. The molecule has 3 aromatic rings. The van der Waals surface area contributed by atoms with Crippen LogP contribution < -0.4 is 4.74 Å². The summed E-state index contributed by atoms with van der Waals surface area (Å²) >= 11 is 0. The molecule has 1 atom stereocenters. The third-order valence-corrected chi connectivity index (χ3v) is 6.20. The fourth-order valence-electron chi connectivity index (χ4n) is 4.22. The summed E-state index contributed by atoms with van der Waals surface area (Å²) in [4.78, 5) is 27.5. The van der Waals surface area contributed by atoms with Crippen LogP contribution in [0, 0.1) is 5.82 Å². The van der Waals surface area contributed by atoms with Crippen molar-refractivity contribution in [3.8, 4) is 5.75 Å². The number of benzene rings is 3. The first-order valence-electron chi connectivity index (χ1n) is 11.8. The topological polar surface area (TPSA) is 76.1 Å². The van der Waals surface area contributed by atoms with Crippen LogP contribution in [0.1, 0.15) is 35.2 Å². The van der Waals surface area contributed by atoms with Gasteiger partial charge in [-0.1, -0.05) is 55.5 Å². The third-order valence-electron chi connectivity index (χ3n) is 6.20. The van der Waals surface area contributed by atoms with Crippen LogP contribution in [0.25, 0.3) is 5.76 Å². The van der Waals surface area contributed by atoms with Crippen LogP contribution in [0.4, 0.5) is 4.39 Å². The smallest absolute Gasteiger partial charge is 0.295 e. The van der Waals surface area contributed by atoms with E-state index in [0.717, 1.165) is 17.5 Å². The molecule has 7 heteroatoms. The standard InChI is InChI=1S/C29H28FNO5/c1-3-19-7-11-21(12-8-19)27(32)25-26(31(15-16-35-2)29(34)28(25)33)22-5-4-6-24(17-22)36-18-20-9-13-23(30)14-10-20/h4-14,17,26,32H,3,15-16,18H2,1-2H3/b27-25-.